The first kappa shape index (κ1) is 22.0. The van der Waals surface area contributed by atoms with E-state index in [4.69, 9.17) is 4.74 Å². The molecule has 2 aromatic heterocycles. The van der Waals surface area contributed by atoms with E-state index in [2.05, 4.69) is 38.6 Å². The van der Waals surface area contributed by atoms with E-state index in [1.165, 1.54) is 17.7 Å². The van der Waals surface area contributed by atoms with Gasteiger partial charge in [0.2, 0.25) is 15.8 Å². The van der Waals surface area contributed by atoms with E-state index in [0.717, 1.165) is 45.6 Å². The fourth-order valence-electron chi connectivity index (χ4n) is 3.92. The summed E-state index contributed by atoms with van der Waals surface area (Å²) < 4.78 is 35.2. The molecule has 3 heterocycles. The molecule has 1 saturated carbocycles. The van der Waals surface area contributed by atoms with Gasteiger partial charge in [0.25, 0.3) is 0 Å². The highest BCUT2D eigenvalue weighted by atomic mass is 32.2. The van der Waals surface area contributed by atoms with Gasteiger partial charge >= 0.3 is 5.97 Å². The number of methoxy groups -OCH3 is 1. The van der Waals surface area contributed by atoms with Gasteiger partial charge in [-0.3, -0.25) is 9.30 Å². The number of carbonyl (C=O) groups excluding carboxylic acids is 1. The monoisotopic (exact) mass is 450 g/mol. The summed E-state index contributed by atoms with van der Waals surface area (Å²) in [6.45, 7) is 10.5. The predicted molar refractivity (Wildman–Crippen MR) is 116 cm³/mol. The molecule has 0 amide bonds. The van der Waals surface area contributed by atoms with Crippen LogP contribution in [0.3, 0.4) is 0 Å². The first-order valence-electron chi connectivity index (χ1n) is 10.6. The zero-order chi connectivity index (χ0) is 22.4. The number of pyridine rings is 1. The van der Waals surface area contributed by atoms with Gasteiger partial charge in [-0.25, -0.2) is 17.9 Å². The van der Waals surface area contributed by atoms with Crippen molar-refractivity contribution >= 4 is 27.3 Å². The first-order chi connectivity index (χ1) is 14.6. The maximum absolute atomic E-state index is 13.1. The number of sulfonamides is 1. The third kappa shape index (κ3) is 4.53. The van der Waals surface area contributed by atoms with E-state index >= 15 is 0 Å². The minimum absolute atomic E-state index is 0.0492. The topological polar surface area (TPSA) is 109 Å². The molecule has 0 unspecified atom stereocenters. The molecular formula is C20H30N6O4S. The number of fused-ring (bicyclic) bond motifs is 1. The van der Waals surface area contributed by atoms with Gasteiger partial charge in [-0.15, -0.1) is 10.2 Å². The molecule has 1 saturated heterocycles. The zero-order valence-corrected chi connectivity index (χ0v) is 19.3. The molecule has 2 aliphatic rings. The minimum Gasteiger partial charge on any atom is -0.463 e. The van der Waals surface area contributed by atoms with Crippen molar-refractivity contribution in [3.63, 3.8) is 0 Å². The second-order valence-electron chi connectivity index (χ2n) is 9.12. The van der Waals surface area contributed by atoms with Crippen LogP contribution in [0.25, 0.3) is 5.65 Å². The molecule has 0 spiro atoms. The Bertz CT molecular complexity index is 1080. The van der Waals surface area contributed by atoms with Gasteiger partial charge in [-0.2, -0.15) is 0 Å². The molecule has 31 heavy (non-hydrogen) atoms. The maximum atomic E-state index is 13.1. The molecule has 1 aliphatic heterocycles. The quantitative estimate of drug-likeness (QED) is 0.625. The van der Waals surface area contributed by atoms with Crippen LogP contribution in [-0.4, -0.2) is 79.3 Å². The van der Waals surface area contributed by atoms with Crippen LogP contribution in [-0.2, 0) is 14.8 Å². The van der Waals surface area contributed by atoms with Crippen LogP contribution >= 0.6 is 0 Å². The fraction of sp³-hybridized carbons (Fsp3) is 0.650. The third-order valence-electron chi connectivity index (χ3n) is 5.86. The first-order valence-corrected chi connectivity index (χ1v) is 12.1. The summed E-state index contributed by atoms with van der Waals surface area (Å²) in [4.78, 5) is 16.8. The van der Waals surface area contributed by atoms with Crippen molar-refractivity contribution in [2.75, 3.05) is 44.7 Å². The Balaban J connectivity index is 1.73. The lowest BCUT2D eigenvalue weighted by atomic mass is 10.2. The van der Waals surface area contributed by atoms with Gasteiger partial charge in [-0.05, 0) is 31.7 Å². The molecule has 2 aromatic rings. The molecule has 1 aliphatic carbocycles. The summed E-state index contributed by atoms with van der Waals surface area (Å²) in [6, 6.07) is 1.64. The highest BCUT2D eigenvalue weighted by Crippen LogP contribution is 2.36. The van der Waals surface area contributed by atoms with Crippen molar-refractivity contribution in [3.8, 4) is 0 Å². The Morgan fingerprint density at radius 3 is 2.48 bits per heavy atom. The van der Waals surface area contributed by atoms with Gasteiger partial charge in [-0.1, -0.05) is 13.8 Å². The molecule has 0 bridgehead atoms. The maximum Gasteiger partial charge on any atom is 0.376 e. The van der Waals surface area contributed by atoms with Crippen molar-refractivity contribution < 1.29 is 17.9 Å². The van der Waals surface area contributed by atoms with Gasteiger partial charge in [0, 0.05) is 44.5 Å². The van der Waals surface area contributed by atoms with Gasteiger partial charge in [0.05, 0.1) is 12.8 Å². The number of aromatic nitrogens is 3. The number of hydrogen-bond donors (Lipinski definition) is 1. The molecule has 4 rings (SSSR count). The van der Waals surface area contributed by atoms with Crippen LogP contribution in [0, 0.1) is 5.92 Å². The summed E-state index contributed by atoms with van der Waals surface area (Å²) in [6.07, 6.45) is 3.01. The van der Waals surface area contributed by atoms with Crippen LogP contribution in [0.4, 0.5) is 5.69 Å². The van der Waals surface area contributed by atoms with Crippen molar-refractivity contribution in [1.29, 1.82) is 0 Å². The zero-order valence-electron chi connectivity index (χ0n) is 18.5. The normalized spacial score (nSPS) is 19.2. The van der Waals surface area contributed by atoms with E-state index in [9.17, 15) is 13.2 Å². The Morgan fingerprint density at radius 2 is 1.90 bits per heavy atom. The molecule has 1 N–H and O–H groups in total. The second-order valence-corrected chi connectivity index (χ2v) is 10.8. The van der Waals surface area contributed by atoms with E-state index in [1.807, 2.05) is 6.92 Å². The summed E-state index contributed by atoms with van der Waals surface area (Å²) in [5.41, 5.74) is 0.680. The number of nitrogens with one attached hydrogen (secondary N) is 1. The average molecular weight is 451 g/mol. The summed E-state index contributed by atoms with van der Waals surface area (Å²) in [7, 11) is -2.52. The van der Waals surface area contributed by atoms with E-state index < -0.39 is 21.5 Å². The Labute approximate surface area is 182 Å². The lowest BCUT2D eigenvalue weighted by molar-refractivity contribution is 0.0585. The smallest absolute Gasteiger partial charge is 0.376 e. The van der Waals surface area contributed by atoms with Crippen molar-refractivity contribution in [1.82, 2.24) is 24.2 Å². The lowest BCUT2D eigenvalue weighted by Crippen LogP contribution is -2.47. The molecule has 0 radical (unpaired) electrons. The fourth-order valence-corrected chi connectivity index (χ4v) is 5.40. The number of carbonyl (C=O) groups is 1. The van der Waals surface area contributed by atoms with Crippen LogP contribution in [0.2, 0.25) is 0 Å². The van der Waals surface area contributed by atoms with Crippen LogP contribution in [0.15, 0.2) is 17.2 Å². The van der Waals surface area contributed by atoms with Crippen LogP contribution in [0.1, 0.15) is 44.2 Å². The summed E-state index contributed by atoms with van der Waals surface area (Å²) in [5, 5.41) is 8.15. The van der Waals surface area contributed by atoms with Crippen LogP contribution < -0.4 is 9.62 Å². The standard InChI is InChI=1S/C20H30N6O4S/c1-14(2)12-24-7-9-25(10-8-24)16-11-15(31(28,29)23-20(3)5-6-20)13-26-17(16)21-22-18(26)19(27)30-4/h11,13-14,23H,5-10,12H2,1-4H3. The van der Waals surface area contributed by atoms with Gasteiger partial charge < -0.3 is 9.64 Å². The van der Waals surface area contributed by atoms with Gasteiger partial charge in [0.1, 0.15) is 4.90 Å². The van der Waals surface area contributed by atoms with E-state index in [0.29, 0.717) is 17.3 Å². The molecule has 11 heteroatoms. The molecule has 0 aromatic carbocycles. The molecule has 170 valence electrons. The summed E-state index contributed by atoms with van der Waals surface area (Å²) >= 11 is 0. The Morgan fingerprint density at radius 1 is 1.23 bits per heavy atom. The predicted octanol–water partition coefficient (Wildman–Crippen LogP) is 1.12. The number of hydrogen-bond acceptors (Lipinski definition) is 8. The number of nitrogens with zero attached hydrogens (tertiary/aromatic N) is 5. The number of anilines is 1. The third-order valence-corrected chi connectivity index (χ3v) is 7.46. The number of ether oxygens (including phenoxy) is 1. The average Bonchev–Trinajstić information content (AvgIpc) is 3.27. The largest absolute Gasteiger partial charge is 0.463 e. The number of esters is 1. The highest BCUT2D eigenvalue weighted by Gasteiger charge is 2.41. The van der Waals surface area contributed by atoms with Crippen LogP contribution in [0.5, 0.6) is 0 Å². The Hall–Kier alpha value is -2.24. The number of piperazine rings is 1. The van der Waals surface area contributed by atoms with Gasteiger partial charge in [0.15, 0.2) is 5.65 Å². The molecule has 0 atom stereocenters. The minimum atomic E-state index is -3.78. The second kappa shape index (κ2) is 8.03. The lowest BCUT2D eigenvalue weighted by Gasteiger charge is -2.36. The van der Waals surface area contributed by atoms with Crippen molar-refractivity contribution in [2.24, 2.45) is 5.92 Å². The Kier molecular flexibility index (Phi) is 5.69. The number of rotatable bonds is 7. The highest BCUT2D eigenvalue weighted by molar-refractivity contribution is 7.89. The van der Waals surface area contributed by atoms with E-state index in [1.54, 1.807) is 6.07 Å². The van der Waals surface area contributed by atoms with Crippen molar-refractivity contribution in [3.05, 3.63) is 18.1 Å². The SMILES string of the molecule is COC(=O)c1nnc2c(N3CCN(CC(C)C)CC3)cc(S(=O)(=O)NC3(C)CC3)cn12. The van der Waals surface area contributed by atoms with Crippen molar-refractivity contribution in [2.45, 2.75) is 44.0 Å². The molecule has 2 fully saturated rings. The summed E-state index contributed by atoms with van der Waals surface area (Å²) in [5.74, 6) is -0.135. The van der Waals surface area contributed by atoms with E-state index in [-0.39, 0.29) is 10.7 Å². The molecular weight excluding hydrogens is 420 g/mol. The molecule has 10 nitrogen and oxygen atoms in total.